The Bertz CT molecular complexity index is 601. The Balaban J connectivity index is 2.25. The minimum atomic E-state index is -5.22. The molecule has 1 aliphatic heterocycles. The van der Waals surface area contributed by atoms with Crippen LogP contribution in [0, 0.1) is 0 Å². The highest BCUT2D eigenvalue weighted by molar-refractivity contribution is 7.86. The lowest BCUT2D eigenvalue weighted by molar-refractivity contribution is -0.271. The molecule has 1 fully saturated rings. The molecular weight excluding hydrogens is 307 g/mol. The van der Waals surface area contributed by atoms with Gasteiger partial charge in [-0.2, -0.15) is 12.6 Å². The van der Waals surface area contributed by atoms with Gasteiger partial charge in [0.15, 0.2) is 0 Å². The van der Waals surface area contributed by atoms with Crippen LogP contribution in [0.15, 0.2) is 29.2 Å². The first kappa shape index (κ1) is 16.3. The molecular formula is C13H16F3NO3S. The van der Waals surface area contributed by atoms with Crippen molar-refractivity contribution in [3.05, 3.63) is 29.8 Å². The van der Waals surface area contributed by atoms with Crippen LogP contribution in [-0.2, 0) is 14.3 Å². The maximum absolute atomic E-state index is 12.1. The van der Waals surface area contributed by atoms with Crippen LogP contribution in [-0.4, -0.2) is 39.8 Å². The van der Waals surface area contributed by atoms with Gasteiger partial charge >= 0.3 is 16.5 Å². The number of likely N-dealkylation sites (N-methyl/N-ethyl adjacent to an activating group) is 1. The van der Waals surface area contributed by atoms with E-state index in [-0.39, 0.29) is 5.92 Å². The van der Waals surface area contributed by atoms with E-state index in [0.717, 1.165) is 32.0 Å². The summed E-state index contributed by atoms with van der Waals surface area (Å²) in [6.07, 6.45) is -3.37. The van der Waals surface area contributed by atoms with E-state index in [1.165, 1.54) is 12.1 Å². The summed E-state index contributed by atoms with van der Waals surface area (Å²) in [6.45, 7) is 1.72. The predicted molar refractivity (Wildman–Crippen MR) is 70.2 cm³/mol. The van der Waals surface area contributed by atoms with Crippen LogP contribution in [0.2, 0.25) is 0 Å². The summed E-state index contributed by atoms with van der Waals surface area (Å²) in [5.74, 6) is 0.116. The second-order valence-corrected chi connectivity index (χ2v) is 6.70. The average molecular weight is 323 g/mol. The smallest absolute Gasteiger partial charge is 0.306 e. The van der Waals surface area contributed by atoms with Gasteiger partial charge in [0.25, 0.3) is 0 Å². The van der Waals surface area contributed by atoms with Crippen LogP contribution < -0.4 is 0 Å². The molecule has 1 atom stereocenters. The van der Waals surface area contributed by atoms with Crippen molar-refractivity contribution in [3.8, 4) is 0 Å². The summed E-state index contributed by atoms with van der Waals surface area (Å²) in [5.41, 5.74) is 0.716. The molecule has 21 heavy (non-hydrogen) atoms. The van der Waals surface area contributed by atoms with Crippen LogP contribution in [0.5, 0.6) is 0 Å². The first-order valence-electron chi connectivity index (χ1n) is 6.48. The van der Waals surface area contributed by atoms with E-state index in [1.54, 1.807) is 6.07 Å². The summed E-state index contributed by atoms with van der Waals surface area (Å²) < 4.78 is 62.8. The quantitative estimate of drug-likeness (QED) is 0.803. The Morgan fingerprint density at radius 1 is 1.33 bits per heavy atom. The fraction of sp³-hybridized carbons (Fsp3) is 0.538. The highest BCUT2D eigenvalue weighted by atomic mass is 32.2. The van der Waals surface area contributed by atoms with Crippen molar-refractivity contribution in [2.24, 2.45) is 0 Å². The number of nitrogens with zero attached hydrogens (tertiary/aromatic N) is 1. The Kier molecular flexibility index (Phi) is 4.60. The first-order valence-corrected chi connectivity index (χ1v) is 7.89. The Morgan fingerprint density at radius 3 is 2.67 bits per heavy atom. The fourth-order valence-corrected chi connectivity index (χ4v) is 3.41. The molecule has 4 nitrogen and oxygen atoms in total. The maximum atomic E-state index is 12.1. The van der Waals surface area contributed by atoms with E-state index in [4.69, 9.17) is 0 Å². The third-order valence-corrected chi connectivity index (χ3v) is 4.69. The highest BCUT2D eigenvalue weighted by Gasteiger charge is 2.38. The van der Waals surface area contributed by atoms with Gasteiger partial charge in [0.05, 0.1) is 4.90 Å². The van der Waals surface area contributed by atoms with Crippen LogP contribution >= 0.6 is 0 Å². The van der Waals surface area contributed by atoms with E-state index in [0.29, 0.717) is 5.56 Å². The summed E-state index contributed by atoms with van der Waals surface area (Å²) in [5, 5.41) is 0. The molecule has 0 aromatic heterocycles. The number of likely N-dealkylation sites (tertiary alicyclic amines) is 1. The van der Waals surface area contributed by atoms with Crippen LogP contribution in [0.1, 0.15) is 24.3 Å². The summed E-state index contributed by atoms with van der Waals surface area (Å²) >= 11 is 0. The molecule has 118 valence electrons. The topological polar surface area (TPSA) is 46.6 Å². The number of halogens is 3. The minimum absolute atomic E-state index is 0.116. The highest BCUT2D eigenvalue weighted by Crippen LogP contribution is 2.30. The average Bonchev–Trinajstić information content (AvgIpc) is 2.36. The van der Waals surface area contributed by atoms with E-state index >= 15 is 0 Å². The van der Waals surface area contributed by atoms with Gasteiger partial charge in [0, 0.05) is 6.54 Å². The molecule has 0 unspecified atom stereocenters. The third-order valence-electron chi connectivity index (χ3n) is 3.45. The van der Waals surface area contributed by atoms with Crippen molar-refractivity contribution < 1.29 is 25.8 Å². The summed E-state index contributed by atoms with van der Waals surface area (Å²) in [7, 11) is -2.87. The molecule has 1 aliphatic rings. The van der Waals surface area contributed by atoms with Gasteiger partial charge in [-0.25, -0.2) is 0 Å². The molecule has 0 radical (unpaired) electrons. The number of alkyl halides is 3. The lowest BCUT2D eigenvalue weighted by Crippen LogP contribution is -2.30. The lowest BCUT2D eigenvalue weighted by Gasteiger charge is -2.30. The number of benzene rings is 1. The lowest BCUT2D eigenvalue weighted by atomic mass is 9.91. The van der Waals surface area contributed by atoms with Crippen LogP contribution in [0.3, 0.4) is 0 Å². The van der Waals surface area contributed by atoms with Crippen molar-refractivity contribution in [1.82, 2.24) is 4.90 Å². The zero-order valence-electron chi connectivity index (χ0n) is 11.4. The van der Waals surface area contributed by atoms with E-state index in [1.807, 2.05) is 7.05 Å². The molecule has 0 N–H and O–H groups in total. The molecule has 0 spiro atoms. The standard InChI is InChI=1S/C13H16F3NO3S/c1-17-7-3-5-11(9-17)10-4-2-6-12(8-10)21(18,19)20-13(14,15)16/h2,4,6,8,11H,3,5,7,9H2,1H3/t11-/m1/s1. The molecule has 0 aliphatic carbocycles. The molecule has 1 aromatic rings. The third kappa shape index (κ3) is 4.42. The second-order valence-electron chi connectivity index (χ2n) is 5.16. The van der Waals surface area contributed by atoms with E-state index < -0.39 is 21.4 Å². The normalized spacial score (nSPS) is 21.4. The van der Waals surface area contributed by atoms with Crippen molar-refractivity contribution in [1.29, 1.82) is 0 Å². The van der Waals surface area contributed by atoms with Gasteiger partial charge in [-0.05, 0) is 50.0 Å². The fourth-order valence-electron chi connectivity index (χ4n) is 2.53. The van der Waals surface area contributed by atoms with E-state index in [9.17, 15) is 21.6 Å². The van der Waals surface area contributed by atoms with E-state index in [2.05, 4.69) is 9.08 Å². The molecule has 1 aromatic carbocycles. The molecule has 0 saturated carbocycles. The number of hydrogen-bond acceptors (Lipinski definition) is 4. The van der Waals surface area contributed by atoms with Gasteiger partial charge in [0.1, 0.15) is 0 Å². The Hall–Kier alpha value is -1.12. The van der Waals surface area contributed by atoms with Gasteiger partial charge in [-0.1, -0.05) is 12.1 Å². The van der Waals surface area contributed by atoms with Gasteiger partial charge < -0.3 is 4.90 Å². The summed E-state index contributed by atoms with van der Waals surface area (Å²) in [4.78, 5) is 1.65. The zero-order chi connectivity index (χ0) is 15.7. The number of piperidine rings is 1. The Morgan fingerprint density at radius 2 is 2.05 bits per heavy atom. The molecule has 2 rings (SSSR count). The first-order chi connectivity index (χ1) is 9.67. The van der Waals surface area contributed by atoms with Crippen molar-refractivity contribution >= 4 is 10.1 Å². The molecule has 8 heteroatoms. The monoisotopic (exact) mass is 323 g/mol. The van der Waals surface area contributed by atoms with Crippen molar-refractivity contribution in [3.63, 3.8) is 0 Å². The van der Waals surface area contributed by atoms with Gasteiger partial charge in [-0.15, -0.1) is 13.2 Å². The minimum Gasteiger partial charge on any atom is -0.306 e. The maximum Gasteiger partial charge on any atom is 0.537 e. The van der Waals surface area contributed by atoms with Gasteiger partial charge in [0.2, 0.25) is 0 Å². The Labute approximate surface area is 121 Å². The summed E-state index contributed by atoms with van der Waals surface area (Å²) in [6, 6.07) is 5.55. The van der Waals surface area contributed by atoms with Crippen LogP contribution in [0.4, 0.5) is 13.2 Å². The van der Waals surface area contributed by atoms with Crippen molar-refractivity contribution in [2.45, 2.75) is 30.0 Å². The SMILES string of the molecule is CN1CCC[C@@H](c2cccc(S(=O)(=O)OC(F)(F)F)c2)C1. The largest absolute Gasteiger partial charge is 0.537 e. The zero-order valence-corrected chi connectivity index (χ0v) is 12.2. The van der Waals surface area contributed by atoms with Crippen molar-refractivity contribution in [2.75, 3.05) is 20.1 Å². The molecule has 1 saturated heterocycles. The molecule has 0 bridgehead atoms. The second kappa shape index (κ2) is 5.94. The van der Waals surface area contributed by atoms with Gasteiger partial charge in [-0.3, -0.25) is 0 Å². The predicted octanol–water partition coefficient (Wildman–Crippen LogP) is 2.72. The molecule has 0 amide bonds. The number of hydrogen-bond donors (Lipinski definition) is 0. The van der Waals surface area contributed by atoms with Crippen LogP contribution in [0.25, 0.3) is 0 Å². The number of rotatable bonds is 3. The molecule has 1 heterocycles.